The number of amides is 1. The zero-order chi connectivity index (χ0) is 18.2. The minimum atomic E-state index is -0.677. The Morgan fingerprint density at radius 2 is 2.24 bits per heavy atom. The molecule has 0 spiro atoms. The number of rotatable bonds is 5. The van der Waals surface area contributed by atoms with Gasteiger partial charge in [-0.2, -0.15) is 5.26 Å². The van der Waals surface area contributed by atoms with E-state index in [1.54, 1.807) is 6.92 Å². The quantitative estimate of drug-likeness (QED) is 0.836. The van der Waals surface area contributed by atoms with Gasteiger partial charge in [0.25, 0.3) is 5.56 Å². The van der Waals surface area contributed by atoms with Crippen LogP contribution in [-0.2, 0) is 10.5 Å². The van der Waals surface area contributed by atoms with Crippen molar-refractivity contribution in [2.75, 3.05) is 0 Å². The summed E-state index contributed by atoms with van der Waals surface area (Å²) in [6.45, 7) is 5.71. The molecule has 0 bridgehead atoms. The Morgan fingerprint density at radius 3 is 2.84 bits per heavy atom. The van der Waals surface area contributed by atoms with Crippen LogP contribution in [0.3, 0.4) is 0 Å². The van der Waals surface area contributed by atoms with Crippen molar-refractivity contribution >= 4 is 39.2 Å². The minimum absolute atomic E-state index is 0.127. The number of carbonyl (C=O) groups excluding carboxylic acids is 1. The molecule has 2 aromatic rings. The number of aromatic amines is 1. The second kappa shape index (κ2) is 6.81. The second-order valence-corrected chi connectivity index (χ2v) is 9.00. The Labute approximate surface area is 154 Å². The third-order valence-electron chi connectivity index (χ3n) is 4.71. The van der Waals surface area contributed by atoms with Crippen LogP contribution >= 0.6 is 23.1 Å². The number of aromatic nitrogens is 2. The number of carbonyl (C=O) groups is 1. The predicted molar refractivity (Wildman–Crippen MR) is 101 cm³/mol. The molecule has 0 aliphatic heterocycles. The number of aryl methyl sites for hydroxylation is 2. The molecule has 0 saturated heterocycles. The van der Waals surface area contributed by atoms with E-state index in [1.807, 2.05) is 13.8 Å². The van der Waals surface area contributed by atoms with Crippen LogP contribution in [0, 0.1) is 25.2 Å². The first kappa shape index (κ1) is 18.0. The van der Waals surface area contributed by atoms with E-state index in [4.69, 9.17) is 0 Å². The predicted octanol–water partition coefficient (Wildman–Crippen LogP) is 2.79. The van der Waals surface area contributed by atoms with Crippen molar-refractivity contribution in [2.45, 2.75) is 56.6 Å². The van der Waals surface area contributed by atoms with Crippen molar-refractivity contribution in [3.05, 3.63) is 26.6 Å². The van der Waals surface area contributed by atoms with Crippen LogP contribution in [-0.4, -0.2) is 26.7 Å². The van der Waals surface area contributed by atoms with E-state index < -0.39 is 5.54 Å². The van der Waals surface area contributed by atoms with Gasteiger partial charge in [-0.3, -0.25) is 9.59 Å². The maximum absolute atomic E-state index is 12.3. The summed E-state index contributed by atoms with van der Waals surface area (Å²) < 4.78 is 0. The lowest BCUT2D eigenvalue weighted by Gasteiger charge is -2.36. The van der Waals surface area contributed by atoms with Gasteiger partial charge in [0.15, 0.2) is 0 Å². The number of nitrogens with one attached hydrogen (secondary N) is 2. The van der Waals surface area contributed by atoms with Crippen molar-refractivity contribution in [2.24, 2.45) is 0 Å². The lowest BCUT2D eigenvalue weighted by molar-refractivity contribution is -0.122. The number of nitrogens with zero attached hydrogens (tertiary/aromatic N) is 2. The highest BCUT2D eigenvalue weighted by Crippen LogP contribution is 2.31. The van der Waals surface area contributed by atoms with Crippen LogP contribution in [0.2, 0.25) is 0 Å². The van der Waals surface area contributed by atoms with Crippen LogP contribution < -0.4 is 10.9 Å². The Morgan fingerprint density at radius 1 is 1.52 bits per heavy atom. The van der Waals surface area contributed by atoms with Gasteiger partial charge in [-0.25, -0.2) is 4.98 Å². The van der Waals surface area contributed by atoms with Gasteiger partial charge in [0, 0.05) is 4.88 Å². The van der Waals surface area contributed by atoms with E-state index in [1.165, 1.54) is 23.1 Å². The molecular weight excluding hydrogens is 356 g/mol. The third-order valence-corrected chi connectivity index (χ3v) is 6.97. The highest BCUT2D eigenvalue weighted by molar-refractivity contribution is 7.99. The summed E-state index contributed by atoms with van der Waals surface area (Å²) in [6.07, 6.45) is 2.41. The maximum Gasteiger partial charge on any atom is 0.259 e. The first-order chi connectivity index (χ1) is 11.8. The van der Waals surface area contributed by atoms with Gasteiger partial charge < -0.3 is 10.3 Å². The van der Waals surface area contributed by atoms with Crippen LogP contribution in [0.4, 0.5) is 0 Å². The summed E-state index contributed by atoms with van der Waals surface area (Å²) in [4.78, 5) is 33.7. The van der Waals surface area contributed by atoms with E-state index in [9.17, 15) is 14.9 Å². The average Bonchev–Trinajstić information content (AvgIpc) is 2.83. The van der Waals surface area contributed by atoms with E-state index >= 15 is 0 Å². The van der Waals surface area contributed by atoms with Gasteiger partial charge in [-0.05, 0) is 45.6 Å². The largest absolute Gasteiger partial charge is 0.337 e. The molecule has 2 heterocycles. The Kier molecular flexibility index (Phi) is 4.89. The van der Waals surface area contributed by atoms with Crippen molar-refractivity contribution in [1.82, 2.24) is 15.3 Å². The molecule has 6 nitrogen and oxygen atoms in total. The minimum Gasteiger partial charge on any atom is -0.337 e. The zero-order valence-electron chi connectivity index (χ0n) is 14.4. The first-order valence-electron chi connectivity index (χ1n) is 8.19. The Bertz CT molecular complexity index is 921. The fourth-order valence-corrected chi connectivity index (χ4v) is 4.58. The maximum atomic E-state index is 12.3. The molecule has 0 aromatic carbocycles. The standard InChI is InChI=1S/C17H20N4O2S2/c1-9-10(2)25-16-13(9)15(23)19-12(20-16)7-24-11(3)14(22)21-17(8-18)5-4-6-17/h11H,4-7H2,1-3H3,(H,21,22)(H,19,20,23)/t11-/m0/s1. The summed E-state index contributed by atoms with van der Waals surface area (Å²) in [5, 5.41) is 12.4. The fourth-order valence-electron chi connectivity index (χ4n) is 2.78. The van der Waals surface area contributed by atoms with Gasteiger partial charge in [0.1, 0.15) is 16.2 Å². The number of hydrogen-bond acceptors (Lipinski definition) is 6. The Hall–Kier alpha value is -1.85. The highest BCUT2D eigenvalue weighted by Gasteiger charge is 2.39. The molecule has 1 amide bonds. The number of thioether (sulfide) groups is 1. The molecule has 3 rings (SSSR count). The first-order valence-corrected chi connectivity index (χ1v) is 10.1. The molecule has 8 heteroatoms. The van der Waals surface area contributed by atoms with Crippen LogP contribution in [0.15, 0.2) is 4.79 Å². The summed E-state index contributed by atoms with van der Waals surface area (Å²) in [5.41, 5.74) is 0.170. The molecule has 1 aliphatic rings. The molecule has 1 atom stereocenters. The fraction of sp³-hybridized carbons (Fsp3) is 0.529. The topological polar surface area (TPSA) is 98.6 Å². The third kappa shape index (κ3) is 3.44. The smallest absolute Gasteiger partial charge is 0.259 e. The molecule has 0 radical (unpaired) electrons. The summed E-state index contributed by atoms with van der Waals surface area (Å²) in [5.74, 6) is 0.870. The molecule has 132 valence electrons. The van der Waals surface area contributed by atoms with Gasteiger partial charge in [-0.15, -0.1) is 23.1 Å². The van der Waals surface area contributed by atoms with E-state index in [2.05, 4.69) is 21.4 Å². The number of hydrogen-bond donors (Lipinski definition) is 2. The molecule has 25 heavy (non-hydrogen) atoms. The van der Waals surface area contributed by atoms with E-state index in [-0.39, 0.29) is 16.7 Å². The van der Waals surface area contributed by atoms with E-state index in [0.717, 1.165) is 34.5 Å². The zero-order valence-corrected chi connectivity index (χ0v) is 16.1. The highest BCUT2D eigenvalue weighted by atomic mass is 32.2. The number of H-pyrrole nitrogens is 1. The molecule has 1 aliphatic carbocycles. The molecule has 1 fully saturated rings. The molecule has 2 aromatic heterocycles. The van der Waals surface area contributed by atoms with Crippen LogP contribution in [0.1, 0.15) is 42.5 Å². The van der Waals surface area contributed by atoms with Crippen LogP contribution in [0.25, 0.3) is 10.2 Å². The van der Waals surface area contributed by atoms with Crippen molar-refractivity contribution in [3.8, 4) is 6.07 Å². The average molecular weight is 377 g/mol. The van der Waals surface area contributed by atoms with Crippen molar-refractivity contribution in [3.63, 3.8) is 0 Å². The summed E-state index contributed by atoms with van der Waals surface area (Å²) in [6, 6.07) is 2.21. The Balaban J connectivity index is 1.67. The van der Waals surface area contributed by atoms with Gasteiger partial charge in [-0.1, -0.05) is 0 Å². The summed E-state index contributed by atoms with van der Waals surface area (Å²) in [7, 11) is 0. The lowest BCUT2D eigenvalue weighted by Crippen LogP contribution is -2.54. The van der Waals surface area contributed by atoms with Crippen molar-refractivity contribution < 1.29 is 4.79 Å². The monoisotopic (exact) mass is 376 g/mol. The van der Waals surface area contributed by atoms with Gasteiger partial charge in [0.2, 0.25) is 5.91 Å². The van der Waals surface area contributed by atoms with Gasteiger partial charge >= 0.3 is 0 Å². The number of nitriles is 1. The lowest BCUT2D eigenvalue weighted by atomic mass is 9.78. The summed E-state index contributed by atoms with van der Waals surface area (Å²) >= 11 is 2.92. The molecular formula is C17H20N4O2S2. The molecule has 0 unspecified atom stereocenters. The number of thiophene rings is 1. The van der Waals surface area contributed by atoms with E-state index in [0.29, 0.717) is 17.0 Å². The second-order valence-electron chi connectivity index (χ2n) is 6.47. The molecule has 2 N–H and O–H groups in total. The normalized spacial score (nSPS) is 16.9. The SMILES string of the molecule is Cc1sc2nc(CS[C@@H](C)C(=O)NC3(C#N)CCC3)[nH]c(=O)c2c1C. The molecule has 1 saturated carbocycles. The van der Waals surface area contributed by atoms with Crippen LogP contribution in [0.5, 0.6) is 0 Å². The van der Waals surface area contributed by atoms with Crippen molar-refractivity contribution in [1.29, 1.82) is 5.26 Å². The van der Waals surface area contributed by atoms with Gasteiger partial charge in [0.05, 0.1) is 22.5 Å². The number of fused-ring (bicyclic) bond motifs is 1.